The van der Waals surface area contributed by atoms with Gasteiger partial charge in [0.2, 0.25) is 0 Å². The maximum absolute atomic E-state index is 12.6. The zero-order chi connectivity index (χ0) is 18.8. The van der Waals surface area contributed by atoms with Crippen molar-refractivity contribution in [3.8, 4) is 22.9 Å². The quantitative estimate of drug-likeness (QED) is 0.747. The maximum Gasteiger partial charge on any atom is 0.271 e. The van der Waals surface area contributed by atoms with Gasteiger partial charge < -0.3 is 19.8 Å². The molecule has 1 amide bonds. The fourth-order valence-electron chi connectivity index (χ4n) is 3.53. The second-order valence-electron chi connectivity index (χ2n) is 6.47. The summed E-state index contributed by atoms with van der Waals surface area (Å²) >= 11 is 0. The van der Waals surface area contributed by atoms with E-state index < -0.39 is 0 Å². The molecule has 0 aliphatic carbocycles. The van der Waals surface area contributed by atoms with E-state index in [9.17, 15) is 4.79 Å². The van der Waals surface area contributed by atoms with Crippen LogP contribution in [0.1, 0.15) is 27.7 Å². The normalized spacial score (nSPS) is 16.2. The number of ether oxygens (including phenoxy) is 2. The summed E-state index contributed by atoms with van der Waals surface area (Å²) in [6, 6.07) is 15.7. The molecule has 0 spiro atoms. The molecule has 0 radical (unpaired) electrons. The highest BCUT2D eigenvalue weighted by Gasteiger charge is 2.28. The average Bonchev–Trinajstić information content (AvgIpc) is 3.07. The van der Waals surface area contributed by atoms with Gasteiger partial charge in [0.15, 0.2) is 0 Å². The molecule has 0 unspecified atom stereocenters. The summed E-state index contributed by atoms with van der Waals surface area (Å²) in [6.07, 6.45) is 0.697. The molecule has 0 bridgehead atoms. The Balaban J connectivity index is 1.77. The molecule has 0 saturated carbocycles. The number of nitrogens with one attached hydrogen (secondary N) is 2. The molecule has 138 valence electrons. The molecule has 0 saturated heterocycles. The van der Waals surface area contributed by atoms with Crippen molar-refractivity contribution < 1.29 is 14.3 Å². The zero-order valence-electron chi connectivity index (χ0n) is 15.3. The van der Waals surface area contributed by atoms with Crippen molar-refractivity contribution in [2.45, 2.75) is 12.3 Å². The number of amides is 1. The number of hydrogen-bond acceptors (Lipinski definition) is 4. The first-order chi connectivity index (χ1) is 13.2. The summed E-state index contributed by atoms with van der Waals surface area (Å²) in [5, 5.41) is 2.99. The lowest BCUT2D eigenvalue weighted by atomic mass is 9.94. The van der Waals surface area contributed by atoms with Crippen molar-refractivity contribution >= 4 is 5.91 Å². The maximum atomic E-state index is 12.6. The first-order valence-corrected chi connectivity index (χ1v) is 8.84. The van der Waals surface area contributed by atoms with Crippen LogP contribution in [0, 0.1) is 0 Å². The number of methoxy groups -OCH3 is 2. The number of nitrogens with zero attached hydrogens (tertiary/aromatic N) is 1. The minimum absolute atomic E-state index is 0.167. The van der Waals surface area contributed by atoms with E-state index in [-0.39, 0.29) is 11.8 Å². The van der Waals surface area contributed by atoms with Crippen LogP contribution >= 0.6 is 0 Å². The van der Waals surface area contributed by atoms with Crippen LogP contribution in [0.25, 0.3) is 11.4 Å². The SMILES string of the molecule is COc1cccc(OC)c1-c1nc2c([nH]1)C[C@H](c1ccccc1)CNC2=O. The number of imidazole rings is 1. The van der Waals surface area contributed by atoms with Crippen LogP contribution in [-0.4, -0.2) is 36.6 Å². The minimum atomic E-state index is -0.167. The Kier molecular flexibility index (Phi) is 4.54. The van der Waals surface area contributed by atoms with Crippen LogP contribution in [0.3, 0.4) is 0 Å². The van der Waals surface area contributed by atoms with Crippen molar-refractivity contribution in [3.05, 3.63) is 65.5 Å². The van der Waals surface area contributed by atoms with E-state index in [0.717, 1.165) is 5.69 Å². The predicted molar refractivity (Wildman–Crippen MR) is 102 cm³/mol. The molecule has 2 N–H and O–H groups in total. The summed E-state index contributed by atoms with van der Waals surface area (Å²) in [6.45, 7) is 0.584. The molecule has 2 heterocycles. The lowest BCUT2D eigenvalue weighted by molar-refractivity contribution is 0.0950. The van der Waals surface area contributed by atoms with Crippen LogP contribution in [0.5, 0.6) is 11.5 Å². The first kappa shape index (κ1) is 17.1. The van der Waals surface area contributed by atoms with Crippen molar-refractivity contribution in [1.82, 2.24) is 15.3 Å². The number of benzene rings is 2. The van der Waals surface area contributed by atoms with Gasteiger partial charge in [-0.05, 0) is 24.1 Å². The Morgan fingerprint density at radius 3 is 2.37 bits per heavy atom. The van der Waals surface area contributed by atoms with Gasteiger partial charge in [-0.25, -0.2) is 4.98 Å². The average molecular weight is 363 g/mol. The van der Waals surface area contributed by atoms with Crippen molar-refractivity contribution in [2.24, 2.45) is 0 Å². The van der Waals surface area contributed by atoms with Gasteiger partial charge in [-0.1, -0.05) is 36.4 Å². The van der Waals surface area contributed by atoms with E-state index in [2.05, 4.69) is 27.4 Å². The van der Waals surface area contributed by atoms with Crippen LogP contribution < -0.4 is 14.8 Å². The van der Waals surface area contributed by atoms with E-state index >= 15 is 0 Å². The number of H-pyrrole nitrogens is 1. The Labute approximate surface area is 157 Å². The second kappa shape index (κ2) is 7.15. The van der Waals surface area contributed by atoms with Crippen LogP contribution in [-0.2, 0) is 6.42 Å². The molecular formula is C21H21N3O3. The van der Waals surface area contributed by atoms with Gasteiger partial charge in [0.1, 0.15) is 28.6 Å². The predicted octanol–water partition coefficient (Wildman–Crippen LogP) is 3.16. The number of fused-ring (bicyclic) bond motifs is 1. The van der Waals surface area contributed by atoms with Gasteiger partial charge in [-0.3, -0.25) is 4.79 Å². The summed E-state index contributed by atoms with van der Waals surface area (Å²) < 4.78 is 11.0. The Hall–Kier alpha value is -3.28. The molecule has 2 aromatic carbocycles. The number of rotatable bonds is 4. The lowest BCUT2D eigenvalue weighted by Crippen LogP contribution is -2.26. The standard InChI is InChI=1S/C21H21N3O3/c1-26-16-9-6-10-17(27-2)18(16)20-23-15-11-14(13-7-4-3-5-8-13)12-22-21(25)19(15)24-20/h3-10,14H,11-12H2,1-2H3,(H,22,25)(H,23,24)/t14-/m0/s1. The fourth-order valence-corrected chi connectivity index (χ4v) is 3.53. The molecule has 6 heteroatoms. The van der Waals surface area contributed by atoms with Gasteiger partial charge in [-0.15, -0.1) is 0 Å². The molecule has 1 aromatic heterocycles. The van der Waals surface area contributed by atoms with Gasteiger partial charge in [0.25, 0.3) is 5.91 Å². The number of hydrogen-bond donors (Lipinski definition) is 2. The highest BCUT2D eigenvalue weighted by atomic mass is 16.5. The molecule has 3 aromatic rings. The molecular weight excluding hydrogens is 342 g/mol. The molecule has 6 nitrogen and oxygen atoms in total. The monoisotopic (exact) mass is 363 g/mol. The third kappa shape index (κ3) is 3.14. The summed E-state index contributed by atoms with van der Waals surface area (Å²) in [7, 11) is 3.20. The van der Waals surface area contributed by atoms with E-state index in [1.165, 1.54) is 5.56 Å². The van der Waals surface area contributed by atoms with E-state index in [4.69, 9.17) is 9.47 Å². The fraction of sp³-hybridized carbons (Fsp3) is 0.238. The molecule has 27 heavy (non-hydrogen) atoms. The first-order valence-electron chi connectivity index (χ1n) is 8.84. The molecule has 4 rings (SSSR count). The van der Waals surface area contributed by atoms with E-state index in [1.807, 2.05) is 36.4 Å². The summed E-state index contributed by atoms with van der Waals surface area (Å²) in [4.78, 5) is 20.5. The van der Waals surface area contributed by atoms with E-state index in [0.29, 0.717) is 41.5 Å². The summed E-state index contributed by atoms with van der Waals surface area (Å²) in [5.74, 6) is 1.86. The zero-order valence-corrected chi connectivity index (χ0v) is 15.3. The van der Waals surface area contributed by atoms with Crippen LogP contribution in [0.2, 0.25) is 0 Å². The van der Waals surface area contributed by atoms with Crippen molar-refractivity contribution in [2.75, 3.05) is 20.8 Å². The Morgan fingerprint density at radius 2 is 1.70 bits per heavy atom. The third-order valence-electron chi connectivity index (χ3n) is 4.89. The van der Waals surface area contributed by atoms with Crippen molar-refractivity contribution in [3.63, 3.8) is 0 Å². The Morgan fingerprint density at radius 1 is 1.00 bits per heavy atom. The summed E-state index contributed by atoms with van der Waals surface area (Å²) in [5.41, 5.74) is 3.15. The largest absolute Gasteiger partial charge is 0.496 e. The third-order valence-corrected chi connectivity index (χ3v) is 4.89. The molecule has 1 aliphatic heterocycles. The minimum Gasteiger partial charge on any atom is -0.496 e. The Bertz CT molecular complexity index is 944. The molecule has 0 fully saturated rings. The highest BCUT2D eigenvalue weighted by Crippen LogP contribution is 2.37. The molecule has 1 atom stereocenters. The van der Waals surface area contributed by atoms with E-state index in [1.54, 1.807) is 14.2 Å². The lowest BCUT2D eigenvalue weighted by Gasteiger charge is -2.14. The number of carbonyl (C=O) groups is 1. The molecule has 1 aliphatic rings. The van der Waals surface area contributed by atoms with Crippen LogP contribution in [0.4, 0.5) is 0 Å². The topological polar surface area (TPSA) is 76.2 Å². The number of aromatic amines is 1. The van der Waals surface area contributed by atoms with Gasteiger partial charge in [-0.2, -0.15) is 0 Å². The van der Waals surface area contributed by atoms with Gasteiger partial charge >= 0.3 is 0 Å². The highest BCUT2D eigenvalue weighted by molar-refractivity contribution is 5.95. The smallest absolute Gasteiger partial charge is 0.271 e. The number of carbonyl (C=O) groups excluding carboxylic acids is 1. The van der Waals surface area contributed by atoms with Gasteiger partial charge in [0.05, 0.1) is 14.2 Å². The number of aromatic nitrogens is 2. The van der Waals surface area contributed by atoms with Gasteiger partial charge in [0, 0.05) is 18.2 Å². The van der Waals surface area contributed by atoms with Crippen LogP contribution in [0.15, 0.2) is 48.5 Å². The second-order valence-corrected chi connectivity index (χ2v) is 6.47. The van der Waals surface area contributed by atoms with Crippen molar-refractivity contribution in [1.29, 1.82) is 0 Å².